The molecule has 0 aromatic rings. The van der Waals surface area contributed by atoms with Gasteiger partial charge in [-0.1, -0.05) is 0 Å². The van der Waals surface area contributed by atoms with E-state index >= 15 is 0 Å². The Labute approximate surface area is 318 Å². The predicted octanol–water partition coefficient (Wildman–Crippen LogP) is -3.80. The summed E-state index contributed by atoms with van der Waals surface area (Å²) in [6.45, 7) is 1.08. The van der Waals surface area contributed by atoms with Crippen LogP contribution < -0.4 is 0 Å². The van der Waals surface area contributed by atoms with Crippen LogP contribution in [0.4, 0.5) is 0 Å². The van der Waals surface area contributed by atoms with Crippen molar-refractivity contribution in [3.63, 3.8) is 0 Å². The van der Waals surface area contributed by atoms with E-state index in [9.17, 15) is 0 Å². The molecule has 0 fully saturated rings. The normalized spacial score (nSPS) is 2.50. The third-order valence-corrected chi connectivity index (χ3v) is 0. The second-order valence-corrected chi connectivity index (χ2v) is 0.519. The van der Waals surface area contributed by atoms with Gasteiger partial charge in [0.05, 0.1) is 0 Å². The van der Waals surface area contributed by atoms with Crippen LogP contribution >= 0.6 is 0 Å². The molecule has 0 aliphatic rings. The minimum atomic E-state index is -0.833. The van der Waals surface area contributed by atoms with E-state index in [-0.39, 0.29) is 308 Å². The third kappa shape index (κ3) is 53.2. The Kier molecular flexibility index (Phi) is 155. The molecule has 0 bridgehead atoms. The molecule has 0 saturated carbocycles. The number of hydrogen-bond acceptors (Lipinski definition) is 1. The van der Waals surface area contributed by atoms with Gasteiger partial charge in [-0.15, -0.1) is 0 Å². The molecule has 2 nitrogen and oxygen atoms in total. The quantitative estimate of drug-likeness (QED) is 0.466. The van der Waals surface area contributed by atoms with E-state index in [0.29, 0.717) is 0 Å². The van der Waals surface area contributed by atoms with Gasteiger partial charge < -0.3 is 5.11 Å². The van der Waals surface area contributed by atoms with Crippen molar-refractivity contribution in [1.29, 1.82) is 0 Å². The van der Waals surface area contributed by atoms with Crippen molar-refractivity contribution in [1.82, 2.24) is 0 Å². The van der Waals surface area contributed by atoms with Crippen LogP contribution in [-0.4, -0.2) is 319 Å². The van der Waals surface area contributed by atoms with E-state index in [0.717, 1.165) is 6.92 Å². The molecular formula is C2H10K6O2. The van der Waals surface area contributed by atoms with Crippen LogP contribution in [0.5, 0.6) is 0 Å². The zero-order valence-electron chi connectivity index (χ0n) is 2.36. The third-order valence-electron chi connectivity index (χ3n) is 0. The van der Waals surface area contributed by atoms with Crippen LogP contribution in [-0.2, 0) is 4.79 Å². The molecule has 0 atom stereocenters. The van der Waals surface area contributed by atoms with E-state index in [1.165, 1.54) is 0 Å². The summed E-state index contributed by atoms with van der Waals surface area (Å²) in [5, 5.41) is 7.42. The summed E-state index contributed by atoms with van der Waals surface area (Å²) in [6.07, 6.45) is 0. The van der Waals surface area contributed by atoms with Gasteiger partial charge in [-0.2, -0.15) is 0 Å². The summed E-state index contributed by atoms with van der Waals surface area (Å²) in [6, 6.07) is 0. The predicted molar refractivity (Wildman–Crippen MR) is 56.2 cm³/mol. The molecule has 0 aliphatic heterocycles. The van der Waals surface area contributed by atoms with Gasteiger partial charge in [0.2, 0.25) is 0 Å². The zero-order chi connectivity index (χ0) is 3.58. The van der Waals surface area contributed by atoms with Crippen molar-refractivity contribution in [2.24, 2.45) is 0 Å². The molecule has 10 heavy (non-hydrogen) atoms. The Morgan fingerprint density at radius 1 is 0.900 bits per heavy atom. The molecule has 0 heterocycles. The molecule has 0 aliphatic carbocycles. The first kappa shape index (κ1) is 42.7. The SMILES string of the molecule is CC(=O)O.[KH].[KH].[KH].[KH].[KH].[KH]. The van der Waals surface area contributed by atoms with E-state index in [1.807, 2.05) is 0 Å². The Bertz CT molecular complexity index is 36.7. The second-order valence-electron chi connectivity index (χ2n) is 0.519. The summed E-state index contributed by atoms with van der Waals surface area (Å²) >= 11 is 0. The molecule has 0 unspecified atom stereocenters. The fraction of sp³-hybridized carbons (Fsp3) is 0.500. The first-order valence-electron chi connectivity index (χ1n) is 0.928. The number of hydrogen-bond donors (Lipinski definition) is 1. The van der Waals surface area contributed by atoms with E-state index < -0.39 is 5.97 Å². The Hall–Kier alpha value is 9.29. The van der Waals surface area contributed by atoms with Gasteiger partial charge in [-0.05, 0) is 0 Å². The Morgan fingerprint density at radius 3 is 0.900 bits per heavy atom. The molecule has 0 amide bonds. The van der Waals surface area contributed by atoms with Crippen LogP contribution in [0.3, 0.4) is 0 Å². The van der Waals surface area contributed by atoms with Gasteiger partial charge in [0, 0.05) is 6.92 Å². The molecule has 8 heteroatoms. The van der Waals surface area contributed by atoms with Gasteiger partial charge in [-0.3, -0.25) is 4.79 Å². The molecule has 0 saturated heterocycles. The molecule has 0 rings (SSSR count). The second kappa shape index (κ2) is 36.2. The fourth-order valence-electron chi connectivity index (χ4n) is 0. The van der Waals surface area contributed by atoms with Gasteiger partial charge in [0.25, 0.3) is 5.97 Å². The first-order valence-corrected chi connectivity index (χ1v) is 0.928. The average Bonchev–Trinajstić information content (AvgIpc) is 0.811. The molecule has 1 N–H and O–H groups in total. The molecule has 0 aromatic heterocycles. The number of carboxylic acids is 1. The molecule has 36 valence electrons. The Balaban J connectivity index is -0.00000000300. The van der Waals surface area contributed by atoms with Crippen LogP contribution in [0.25, 0.3) is 0 Å². The van der Waals surface area contributed by atoms with E-state index in [1.54, 1.807) is 0 Å². The Morgan fingerprint density at radius 2 is 0.900 bits per heavy atom. The van der Waals surface area contributed by atoms with Crippen molar-refractivity contribution >= 4 is 314 Å². The summed E-state index contributed by atoms with van der Waals surface area (Å²) in [5.41, 5.74) is 0. The number of carbonyl (C=O) groups is 1. The average molecular weight is 301 g/mol. The van der Waals surface area contributed by atoms with E-state index in [2.05, 4.69) is 0 Å². The number of rotatable bonds is 0. The fourth-order valence-corrected chi connectivity index (χ4v) is 0. The van der Waals surface area contributed by atoms with Gasteiger partial charge in [0.15, 0.2) is 0 Å². The van der Waals surface area contributed by atoms with Crippen molar-refractivity contribution in [2.45, 2.75) is 6.92 Å². The van der Waals surface area contributed by atoms with E-state index in [4.69, 9.17) is 9.90 Å². The van der Waals surface area contributed by atoms with Crippen LogP contribution in [0.1, 0.15) is 6.92 Å². The minimum absolute atomic E-state index is 0. The van der Waals surface area contributed by atoms with Crippen LogP contribution in [0.2, 0.25) is 0 Å². The summed E-state index contributed by atoms with van der Waals surface area (Å²) in [7, 11) is 0. The van der Waals surface area contributed by atoms with Crippen molar-refractivity contribution in [3.8, 4) is 0 Å². The summed E-state index contributed by atoms with van der Waals surface area (Å²) in [5.74, 6) is -0.833. The monoisotopic (exact) mass is 300 g/mol. The van der Waals surface area contributed by atoms with Crippen LogP contribution in [0.15, 0.2) is 0 Å². The summed E-state index contributed by atoms with van der Waals surface area (Å²) in [4.78, 5) is 9.00. The molecular weight excluding hydrogens is 291 g/mol. The molecule has 0 radical (unpaired) electrons. The maximum atomic E-state index is 9.00. The van der Waals surface area contributed by atoms with Crippen molar-refractivity contribution in [3.05, 3.63) is 0 Å². The van der Waals surface area contributed by atoms with Crippen molar-refractivity contribution in [2.75, 3.05) is 0 Å². The van der Waals surface area contributed by atoms with Gasteiger partial charge >= 0.3 is 308 Å². The number of aliphatic carboxylic acids is 1. The summed E-state index contributed by atoms with van der Waals surface area (Å²) < 4.78 is 0. The topological polar surface area (TPSA) is 37.3 Å². The number of carboxylic acid groups (broad SMARTS) is 1. The molecule has 0 aromatic carbocycles. The molecule has 0 spiro atoms. The maximum absolute atomic E-state index is 9.00. The van der Waals surface area contributed by atoms with Gasteiger partial charge in [0.1, 0.15) is 0 Å². The standard InChI is InChI=1S/C2H4O2.6K.6H/c1-2(3)4;;;;;;;;;;;;/h1H3,(H,3,4);;;;;;;;;;;;. The zero-order valence-corrected chi connectivity index (χ0v) is 2.36. The van der Waals surface area contributed by atoms with Crippen molar-refractivity contribution < 1.29 is 9.90 Å². The van der Waals surface area contributed by atoms with Gasteiger partial charge in [-0.25, -0.2) is 0 Å². The first-order chi connectivity index (χ1) is 1.73. The van der Waals surface area contributed by atoms with Crippen LogP contribution in [0, 0.1) is 0 Å².